The standard InChI is InChI=1S/C18H37N3/c1-6-10-19-17-7-11-21(16(3)15(17)2)14-18(4)8-12-20(5)13-9-18/h15-17,19H,6-14H2,1-5H3. The molecule has 0 aromatic rings. The Morgan fingerprint density at radius 3 is 2.43 bits per heavy atom. The fourth-order valence-electron chi connectivity index (χ4n) is 4.09. The molecule has 0 radical (unpaired) electrons. The quantitative estimate of drug-likeness (QED) is 0.841. The number of rotatable bonds is 5. The number of piperidine rings is 2. The van der Waals surface area contributed by atoms with Crippen molar-refractivity contribution < 1.29 is 0 Å². The summed E-state index contributed by atoms with van der Waals surface area (Å²) in [5.74, 6) is 0.764. The predicted octanol–water partition coefficient (Wildman–Crippen LogP) is 2.82. The Hall–Kier alpha value is -0.120. The molecule has 0 aromatic carbocycles. The Kier molecular flexibility index (Phi) is 6.10. The summed E-state index contributed by atoms with van der Waals surface area (Å²) in [5, 5.41) is 3.76. The van der Waals surface area contributed by atoms with Crippen molar-refractivity contribution in [3.05, 3.63) is 0 Å². The second-order valence-corrected chi connectivity index (χ2v) is 8.03. The van der Waals surface area contributed by atoms with Gasteiger partial charge in [-0.25, -0.2) is 0 Å². The molecule has 2 saturated heterocycles. The Morgan fingerprint density at radius 2 is 1.81 bits per heavy atom. The Labute approximate surface area is 132 Å². The van der Waals surface area contributed by atoms with E-state index in [0.29, 0.717) is 11.5 Å². The molecule has 0 bridgehead atoms. The third-order valence-electron chi connectivity index (χ3n) is 6.13. The first kappa shape index (κ1) is 17.2. The molecule has 2 heterocycles. The van der Waals surface area contributed by atoms with E-state index in [0.717, 1.165) is 12.0 Å². The largest absolute Gasteiger partial charge is 0.314 e. The molecule has 2 rings (SSSR count). The van der Waals surface area contributed by atoms with Crippen molar-refractivity contribution >= 4 is 0 Å². The summed E-state index contributed by atoms with van der Waals surface area (Å²) >= 11 is 0. The predicted molar refractivity (Wildman–Crippen MR) is 91.7 cm³/mol. The lowest BCUT2D eigenvalue weighted by atomic mass is 9.78. The molecule has 2 fully saturated rings. The van der Waals surface area contributed by atoms with Crippen LogP contribution in [-0.4, -0.2) is 61.7 Å². The molecule has 0 saturated carbocycles. The lowest BCUT2D eigenvalue weighted by Gasteiger charge is -2.48. The molecule has 0 amide bonds. The Bertz CT molecular complexity index is 310. The Morgan fingerprint density at radius 1 is 1.14 bits per heavy atom. The second kappa shape index (κ2) is 7.43. The smallest absolute Gasteiger partial charge is 0.0120 e. The normalized spacial score (nSPS) is 35.0. The van der Waals surface area contributed by atoms with Crippen LogP contribution in [0.5, 0.6) is 0 Å². The van der Waals surface area contributed by atoms with Gasteiger partial charge in [-0.1, -0.05) is 20.8 Å². The van der Waals surface area contributed by atoms with E-state index in [1.807, 2.05) is 0 Å². The van der Waals surface area contributed by atoms with Crippen LogP contribution in [0.3, 0.4) is 0 Å². The van der Waals surface area contributed by atoms with Crippen LogP contribution in [0.1, 0.15) is 53.4 Å². The summed E-state index contributed by atoms with van der Waals surface area (Å²) in [6.45, 7) is 16.0. The van der Waals surface area contributed by atoms with Crippen LogP contribution in [0.15, 0.2) is 0 Å². The molecule has 3 unspecified atom stereocenters. The first-order valence-electron chi connectivity index (χ1n) is 9.11. The van der Waals surface area contributed by atoms with E-state index in [1.165, 1.54) is 58.4 Å². The van der Waals surface area contributed by atoms with E-state index < -0.39 is 0 Å². The molecule has 0 aliphatic carbocycles. The molecule has 21 heavy (non-hydrogen) atoms. The van der Waals surface area contributed by atoms with Crippen LogP contribution in [0.25, 0.3) is 0 Å². The lowest BCUT2D eigenvalue weighted by Crippen LogP contribution is -2.56. The zero-order valence-corrected chi connectivity index (χ0v) is 15.0. The monoisotopic (exact) mass is 295 g/mol. The van der Waals surface area contributed by atoms with Crippen LogP contribution in [0.2, 0.25) is 0 Å². The first-order valence-corrected chi connectivity index (χ1v) is 9.11. The minimum absolute atomic E-state index is 0.532. The maximum atomic E-state index is 3.76. The zero-order valence-electron chi connectivity index (χ0n) is 15.0. The van der Waals surface area contributed by atoms with Crippen molar-refractivity contribution in [2.24, 2.45) is 11.3 Å². The van der Waals surface area contributed by atoms with Gasteiger partial charge in [0.2, 0.25) is 0 Å². The zero-order chi connectivity index (χ0) is 15.5. The fourth-order valence-corrected chi connectivity index (χ4v) is 4.09. The van der Waals surface area contributed by atoms with E-state index in [1.54, 1.807) is 0 Å². The van der Waals surface area contributed by atoms with E-state index in [2.05, 4.69) is 49.9 Å². The molecule has 3 heteroatoms. The first-order chi connectivity index (χ1) is 9.95. The van der Waals surface area contributed by atoms with Crippen LogP contribution >= 0.6 is 0 Å². The highest BCUT2D eigenvalue weighted by atomic mass is 15.2. The summed E-state index contributed by atoms with van der Waals surface area (Å²) < 4.78 is 0. The minimum Gasteiger partial charge on any atom is -0.314 e. The van der Waals surface area contributed by atoms with Gasteiger partial charge in [0.25, 0.3) is 0 Å². The van der Waals surface area contributed by atoms with Gasteiger partial charge in [0.1, 0.15) is 0 Å². The third kappa shape index (κ3) is 4.43. The van der Waals surface area contributed by atoms with Crippen molar-refractivity contribution in [2.75, 3.05) is 39.8 Å². The third-order valence-corrected chi connectivity index (χ3v) is 6.13. The highest BCUT2D eigenvalue weighted by Gasteiger charge is 2.37. The van der Waals surface area contributed by atoms with Gasteiger partial charge in [0.05, 0.1) is 0 Å². The van der Waals surface area contributed by atoms with Crippen LogP contribution in [-0.2, 0) is 0 Å². The summed E-state index contributed by atoms with van der Waals surface area (Å²) in [5.41, 5.74) is 0.532. The van der Waals surface area contributed by atoms with Gasteiger partial charge >= 0.3 is 0 Å². The molecule has 2 aliphatic rings. The highest BCUT2D eigenvalue weighted by Crippen LogP contribution is 2.34. The molecule has 124 valence electrons. The lowest BCUT2D eigenvalue weighted by molar-refractivity contribution is 0.0229. The summed E-state index contributed by atoms with van der Waals surface area (Å²) in [6, 6.07) is 1.44. The van der Waals surface area contributed by atoms with Crippen molar-refractivity contribution in [1.82, 2.24) is 15.1 Å². The topological polar surface area (TPSA) is 18.5 Å². The molecular formula is C18H37N3. The van der Waals surface area contributed by atoms with Crippen molar-refractivity contribution in [2.45, 2.75) is 65.5 Å². The van der Waals surface area contributed by atoms with Crippen molar-refractivity contribution in [1.29, 1.82) is 0 Å². The minimum atomic E-state index is 0.532. The van der Waals surface area contributed by atoms with Gasteiger partial charge in [-0.15, -0.1) is 0 Å². The SMILES string of the molecule is CCCNC1CCN(CC2(C)CCN(C)CC2)C(C)C1C. The van der Waals surface area contributed by atoms with Gasteiger partial charge < -0.3 is 10.2 Å². The van der Waals surface area contributed by atoms with Crippen LogP contribution in [0.4, 0.5) is 0 Å². The fraction of sp³-hybridized carbons (Fsp3) is 1.00. The maximum Gasteiger partial charge on any atom is 0.0120 e. The molecule has 3 nitrogen and oxygen atoms in total. The van der Waals surface area contributed by atoms with Crippen LogP contribution < -0.4 is 5.32 Å². The molecular weight excluding hydrogens is 258 g/mol. The van der Waals surface area contributed by atoms with E-state index in [-0.39, 0.29) is 0 Å². The highest BCUT2D eigenvalue weighted by molar-refractivity contribution is 4.92. The Balaban J connectivity index is 1.87. The maximum absolute atomic E-state index is 3.76. The number of likely N-dealkylation sites (tertiary alicyclic amines) is 2. The van der Waals surface area contributed by atoms with E-state index in [4.69, 9.17) is 0 Å². The van der Waals surface area contributed by atoms with Crippen LogP contribution in [0, 0.1) is 11.3 Å². The number of hydrogen-bond acceptors (Lipinski definition) is 3. The van der Waals surface area contributed by atoms with Gasteiger partial charge in [-0.3, -0.25) is 4.90 Å². The molecule has 0 aromatic heterocycles. The van der Waals surface area contributed by atoms with Gasteiger partial charge in [-0.2, -0.15) is 0 Å². The number of nitrogens with zero attached hydrogens (tertiary/aromatic N) is 2. The second-order valence-electron chi connectivity index (χ2n) is 8.03. The average Bonchev–Trinajstić information content (AvgIpc) is 2.47. The van der Waals surface area contributed by atoms with Gasteiger partial charge in [-0.05, 0) is 77.2 Å². The number of nitrogens with one attached hydrogen (secondary N) is 1. The van der Waals surface area contributed by atoms with E-state index in [9.17, 15) is 0 Å². The summed E-state index contributed by atoms with van der Waals surface area (Å²) in [6.07, 6.45) is 5.28. The van der Waals surface area contributed by atoms with Gasteiger partial charge in [0.15, 0.2) is 0 Å². The summed E-state index contributed by atoms with van der Waals surface area (Å²) in [7, 11) is 2.26. The molecule has 3 atom stereocenters. The summed E-state index contributed by atoms with van der Waals surface area (Å²) in [4.78, 5) is 5.26. The van der Waals surface area contributed by atoms with Gasteiger partial charge in [0, 0.05) is 18.6 Å². The number of hydrogen-bond donors (Lipinski definition) is 1. The molecule has 2 aliphatic heterocycles. The van der Waals surface area contributed by atoms with E-state index >= 15 is 0 Å². The average molecular weight is 296 g/mol. The van der Waals surface area contributed by atoms with Crippen molar-refractivity contribution in [3.63, 3.8) is 0 Å². The molecule has 1 N–H and O–H groups in total. The molecule has 0 spiro atoms. The van der Waals surface area contributed by atoms with Crippen molar-refractivity contribution in [3.8, 4) is 0 Å².